The fourth-order valence-corrected chi connectivity index (χ4v) is 3.53. The van der Waals surface area contributed by atoms with Gasteiger partial charge in [0.15, 0.2) is 5.13 Å². The predicted molar refractivity (Wildman–Crippen MR) is 90.9 cm³/mol. The van der Waals surface area contributed by atoms with Crippen molar-refractivity contribution in [1.82, 2.24) is 9.97 Å². The molecule has 0 saturated carbocycles. The van der Waals surface area contributed by atoms with Crippen LogP contribution in [0, 0.1) is 0 Å². The fourth-order valence-electron chi connectivity index (χ4n) is 2.63. The van der Waals surface area contributed by atoms with Crippen molar-refractivity contribution < 1.29 is 0 Å². The number of thiazole rings is 1. The molecule has 4 rings (SSSR count). The molecule has 2 aliphatic rings. The summed E-state index contributed by atoms with van der Waals surface area (Å²) in [5.41, 5.74) is 5.05. The van der Waals surface area contributed by atoms with Gasteiger partial charge in [0.1, 0.15) is 0 Å². The van der Waals surface area contributed by atoms with Crippen LogP contribution in [-0.2, 0) is 0 Å². The smallest absolute Gasteiger partial charge is 0.183 e. The van der Waals surface area contributed by atoms with Crippen LogP contribution in [0.5, 0.6) is 0 Å². The second-order valence-electron chi connectivity index (χ2n) is 4.81. The van der Waals surface area contributed by atoms with Crippen LogP contribution < -0.4 is 15.2 Å². The molecule has 106 valence electrons. The summed E-state index contributed by atoms with van der Waals surface area (Å²) in [6.45, 7) is 0. The summed E-state index contributed by atoms with van der Waals surface area (Å²) in [5, 5.41) is 5.25. The molecule has 0 aromatic carbocycles. The first-order chi connectivity index (χ1) is 9.85. The van der Waals surface area contributed by atoms with Crippen molar-refractivity contribution in [3.63, 3.8) is 0 Å². The second kappa shape index (κ2) is 5.47. The lowest BCUT2D eigenvalue weighted by Gasteiger charge is -2.12. The molecule has 0 fully saturated rings. The summed E-state index contributed by atoms with van der Waals surface area (Å²) < 4.78 is 1.26. The van der Waals surface area contributed by atoms with E-state index in [0.29, 0.717) is 0 Å². The van der Waals surface area contributed by atoms with Gasteiger partial charge in [-0.2, -0.15) is 0 Å². The molecular formula is C16H14ClN3S. The maximum Gasteiger partial charge on any atom is 0.183 e. The SMILES string of the molecule is CNc1nc2c(s1)=CC1=CC(c3cccnc3)=CCC=21.Cl. The number of nitrogens with zero attached hydrogens (tertiary/aromatic N) is 2. The van der Waals surface area contributed by atoms with E-state index in [1.165, 1.54) is 26.8 Å². The minimum absolute atomic E-state index is 0. The Morgan fingerprint density at radius 1 is 1.24 bits per heavy atom. The fraction of sp³-hybridized carbons (Fsp3) is 0.125. The monoisotopic (exact) mass is 315 g/mol. The van der Waals surface area contributed by atoms with Crippen molar-refractivity contribution >= 4 is 46.1 Å². The molecule has 0 spiro atoms. The van der Waals surface area contributed by atoms with Crippen LogP contribution in [-0.4, -0.2) is 17.0 Å². The Kier molecular flexibility index (Phi) is 3.66. The highest BCUT2D eigenvalue weighted by atomic mass is 35.5. The predicted octanol–water partition coefficient (Wildman–Crippen LogP) is 2.36. The van der Waals surface area contributed by atoms with Gasteiger partial charge in [0, 0.05) is 19.4 Å². The van der Waals surface area contributed by atoms with Gasteiger partial charge < -0.3 is 5.32 Å². The number of rotatable bonds is 2. The van der Waals surface area contributed by atoms with Crippen molar-refractivity contribution in [3.8, 4) is 0 Å². The quantitative estimate of drug-likeness (QED) is 0.924. The number of halogens is 1. The molecule has 0 atom stereocenters. The minimum atomic E-state index is 0. The van der Waals surface area contributed by atoms with Gasteiger partial charge in [-0.05, 0) is 46.9 Å². The normalized spacial score (nSPS) is 15.2. The van der Waals surface area contributed by atoms with Gasteiger partial charge in [0.05, 0.1) is 9.88 Å². The zero-order valence-electron chi connectivity index (χ0n) is 11.5. The summed E-state index contributed by atoms with van der Waals surface area (Å²) in [6, 6.07) is 4.08. The van der Waals surface area contributed by atoms with E-state index in [2.05, 4.69) is 39.6 Å². The molecule has 2 aromatic rings. The third-order valence-electron chi connectivity index (χ3n) is 3.62. The first-order valence-corrected chi connectivity index (χ1v) is 7.39. The molecule has 0 radical (unpaired) electrons. The summed E-state index contributed by atoms with van der Waals surface area (Å²) in [5.74, 6) is 0. The van der Waals surface area contributed by atoms with E-state index in [0.717, 1.165) is 16.9 Å². The Balaban J connectivity index is 0.00000132. The zero-order valence-corrected chi connectivity index (χ0v) is 13.1. The number of hydrogen-bond donors (Lipinski definition) is 1. The zero-order chi connectivity index (χ0) is 13.5. The van der Waals surface area contributed by atoms with Crippen LogP contribution in [0.1, 0.15) is 12.0 Å². The van der Waals surface area contributed by atoms with E-state index in [-0.39, 0.29) is 12.4 Å². The van der Waals surface area contributed by atoms with Crippen molar-refractivity contribution in [2.45, 2.75) is 6.42 Å². The number of anilines is 1. The van der Waals surface area contributed by atoms with Gasteiger partial charge in [0.25, 0.3) is 0 Å². The summed E-state index contributed by atoms with van der Waals surface area (Å²) in [7, 11) is 1.91. The van der Waals surface area contributed by atoms with Gasteiger partial charge in [-0.15, -0.1) is 12.4 Å². The van der Waals surface area contributed by atoms with E-state index in [4.69, 9.17) is 0 Å². The average Bonchev–Trinajstić information content (AvgIpc) is 3.04. The standard InChI is InChI=1S/C16H13N3S.ClH/c1-17-16-19-15-13-5-4-10(11-3-2-6-18-9-11)7-12(13)8-14(15)20-16;/h2-4,6-9H,5H2,1H3,(H,17,19);1H. The van der Waals surface area contributed by atoms with Crippen LogP contribution in [0.15, 0.2) is 42.3 Å². The van der Waals surface area contributed by atoms with E-state index < -0.39 is 0 Å². The molecule has 0 saturated heterocycles. The van der Waals surface area contributed by atoms with E-state index in [1.54, 1.807) is 17.5 Å². The first kappa shape index (κ1) is 14.0. The molecule has 2 aromatic heterocycles. The van der Waals surface area contributed by atoms with Gasteiger partial charge in [-0.25, -0.2) is 4.98 Å². The van der Waals surface area contributed by atoms with Gasteiger partial charge >= 0.3 is 0 Å². The largest absolute Gasteiger partial charge is 0.365 e. The van der Waals surface area contributed by atoms with Gasteiger partial charge in [-0.3, -0.25) is 4.98 Å². The Labute approximate surface area is 132 Å². The number of nitrogens with one attached hydrogen (secondary N) is 1. The second-order valence-corrected chi connectivity index (χ2v) is 5.84. The highest BCUT2D eigenvalue weighted by Gasteiger charge is 2.18. The molecule has 0 aliphatic heterocycles. The number of fused-ring (bicyclic) bond motifs is 2. The van der Waals surface area contributed by atoms with Crippen molar-refractivity contribution in [3.05, 3.63) is 57.7 Å². The molecule has 2 heterocycles. The molecule has 21 heavy (non-hydrogen) atoms. The third-order valence-corrected chi connectivity index (χ3v) is 4.64. The summed E-state index contributed by atoms with van der Waals surface area (Å²) in [6.07, 6.45) is 11.4. The molecule has 0 amide bonds. The lowest BCUT2D eigenvalue weighted by Crippen LogP contribution is -2.19. The van der Waals surface area contributed by atoms with E-state index in [1.807, 2.05) is 19.3 Å². The van der Waals surface area contributed by atoms with Crippen LogP contribution >= 0.6 is 23.7 Å². The van der Waals surface area contributed by atoms with Crippen LogP contribution in [0.25, 0.3) is 17.2 Å². The maximum absolute atomic E-state index is 4.65. The molecule has 5 heteroatoms. The number of allylic oxidation sites excluding steroid dienone is 4. The molecule has 0 unspecified atom stereocenters. The van der Waals surface area contributed by atoms with Crippen LogP contribution in [0.4, 0.5) is 5.13 Å². The Morgan fingerprint density at radius 3 is 2.90 bits per heavy atom. The lowest BCUT2D eigenvalue weighted by molar-refractivity contribution is 1.24. The molecule has 0 bridgehead atoms. The third kappa shape index (κ3) is 2.30. The van der Waals surface area contributed by atoms with Gasteiger partial charge in [-0.1, -0.05) is 23.5 Å². The average molecular weight is 316 g/mol. The van der Waals surface area contributed by atoms with Crippen LogP contribution in [0.2, 0.25) is 0 Å². The number of hydrogen-bond acceptors (Lipinski definition) is 4. The first-order valence-electron chi connectivity index (χ1n) is 6.57. The molecule has 3 nitrogen and oxygen atoms in total. The lowest BCUT2D eigenvalue weighted by atomic mass is 9.93. The summed E-state index contributed by atoms with van der Waals surface area (Å²) >= 11 is 1.71. The Morgan fingerprint density at radius 2 is 2.14 bits per heavy atom. The molecule has 2 aliphatic carbocycles. The van der Waals surface area contributed by atoms with Crippen molar-refractivity contribution in [2.24, 2.45) is 0 Å². The van der Waals surface area contributed by atoms with E-state index >= 15 is 0 Å². The van der Waals surface area contributed by atoms with Crippen molar-refractivity contribution in [2.75, 3.05) is 12.4 Å². The number of pyridine rings is 1. The Bertz CT molecular complexity index is 863. The maximum atomic E-state index is 4.65. The topological polar surface area (TPSA) is 37.8 Å². The van der Waals surface area contributed by atoms with Crippen LogP contribution in [0.3, 0.4) is 0 Å². The summed E-state index contributed by atoms with van der Waals surface area (Å²) in [4.78, 5) is 8.84. The minimum Gasteiger partial charge on any atom is -0.365 e. The Hall–Kier alpha value is -1.91. The highest BCUT2D eigenvalue weighted by molar-refractivity contribution is 7.13. The van der Waals surface area contributed by atoms with E-state index in [9.17, 15) is 0 Å². The van der Waals surface area contributed by atoms with Crippen molar-refractivity contribution in [1.29, 1.82) is 0 Å². The number of aromatic nitrogens is 2. The van der Waals surface area contributed by atoms with Gasteiger partial charge in [0.2, 0.25) is 0 Å². The molecular weight excluding hydrogens is 302 g/mol. The highest BCUT2D eigenvalue weighted by Crippen LogP contribution is 2.31. The molecule has 1 N–H and O–H groups in total.